The lowest BCUT2D eigenvalue weighted by atomic mass is 10.1. The molecule has 0 bridgehead atoms. The molecule has 3 rings (SSSR count). The van der Waals surface area contributed by atoms with Crippen molar-refractivity contribution < 1.29 is 34.0 Å². The zero-order valence-corrected chi connectivity index (χ0v) is 17.7. The molecule has 1 aliphatic heterocycles. The second kappa shape index (κ2) is 9.92. The Balaban J connectivity index is 1.87. The summed E-state index contributed by atoms with van der Waals surface area (Å²) in [4.78, 5) is 23.2. The lowest BCUT2D eigenvalue weighted by Crippen LogP contribution is -2.28. The van der Waals surface area contributed by atoms with E-state index in [0.717, 1.165) is 29.7 Å². The van der Waals surface area contributed by atoms with E-state index in [1.807, 2.05) is 24.3 Å². The van der Waals surface area contributed by atoms with Gasteiger partial charge in [0.15, 0.2) is 0 Å². The number of aromatic carboxylic acids is 2. The summed E-state index contributed by atoms with van der Waals surface area (Å²) in [7, 11) is 1.59. The van der Waals surface area contributed by atoms with E-state index in [1.54, 1.807) is 7.11 Å². The molecule has 1 saturated heterocycles. The van der Waals surface area contributed by atoms with Gasteiger partial charge in [-0.3, -0.25) is 0 Å². The van der Waals surface area contributed by atoms with Crippen molar-refractivity contribution in [2.75, 3.05) is 32.2 Å². The molecule has 30 heavy (non-hydrogen) atoms. The van der Waals surface area contributed by atoms with Crippen molar-refractivity contribution in [3.05, 3.63) is 45.8 Å². The normalized spacial score (nSPS) is 15.5. The number of rotatable bonds is 9. The van der Waals surface area contributed by atoms with Crippen LogP contribution < -0.4 is 10.1 Å². The van der Waals surface area contributed by atoms with Gasteiger partial charge in [-0.15, -0.1) is 11.3 Å². The highest BCUT2D eigenvalue weighted by atomic mass is 32.1. The SMILES string of the molecule is COc1ccccc1C(CNc1sc(C(=O)O)c(C)c1C(=O)O)OC1CCOCC1. The molecule has 0 aliphatic carbocycles. The van der Waals surface area contributed by atoms with E-state index in [1.165, 1.54) is 6.92 Å². The molecule has 0 spiro atoms. The molecule has 1 unspecified atom stereocenters. The van der Waals surface area contributed by atoms with Crippen molar-refractivity contribution in [2.45, 2.75) is 32.0 Å². The Morgan fingerprint density at radius 3 is 2.57 bits per heavy atom. The Morgan fingerprint density at radius 1 is 1.23 bits per heavy atom. The zero-order chi connectivity index (χ0) is 21.7. The third kappa shape index (κ3) is 4.92. The van der Waals surface area contributed by atoms with Gasteiger partial charge in [-0.1, -0.05) is 18.2 Å². The first-order chi connectivity index (χ1) is 14.4. The number of benzene rings is 1. The molecule has 1 aliphatic rings. The fraction of sp³-hybridized carbons (Fsp3) is 0.429. The van der Waals surface area contributed by atoms with E-state index in [4.69, 9.17) is 14.2 Å². The van der Waals surface area contributed by atoms with Crippen LogP contribution in [0.15, 0.2) is 24.3 Å². The van der Waals surface area contributed by atoms with Gasteiger partial charge < -0.3 is 29.7 Å². The zero-order valence-electron chi connectivity index (χ0n) is 16.8. The molecule has 1 aromatic heterocycles. The summed E-state index contributed by atoms with van der Waals surface area (Å²) >= 11 is 0.917. The minimum Gasteiger partial charge on any atom is -0.496 e. The van der Waals surface area contributed by atoms with Gasteiger partial charge >= 0.3 is 11.9 Å². The monoisotopic (exact) mass is 435 g/mol. The third-order valence-corrected chi connectivity index (χ3v) is 6.25. The van der Waals surface area contributed by atoms with Crippen LogP contribution in [0.4, 0.5) is 5.00 Å². The smallest absolute Gasteiger partial charge is 0.346 e. The van der Waals surface area contributed by atoms with Crippen molar-refractivity contribution in [1.29, 1.82) is 0 Å². The molecule has 162 valence electrons. The molecular formula is C21H25NO7S. The van der Waals surface area contributed by atoms with E-state index >= 15 is 0 Å². The topological polar surface area (TPSA) is 114 Å². The van der Waals surface area contributed by atoms with Crippen LogP contribution in [0.2, 0.25) is 0 Å². The Labute approximate surface area is 178 Å². The Kier molecular flexibility index (Phi) is 7.30. The summed E-state index contributed by atoms with van der Waals surface area (Å²) in [5.74, 6) is -1.64. The number of carbonyl (C=O) groups is 2. The summed E-state index contributed by atoms with van der Waals surface area (Å²) in [6.07, 6.45) is 1.14. The van der Waals surface area contributed by atoms with Gasteiger partial charge in [0, 0.05) is 25.3 Å². The maximum atomic E-state index is 11.7. The lowest BCUT2D eigenvalue weighted by Gasteiger charge is -2.29. The Morgan fingerprint density at radius 2 is 1.93 bits per heavy atom. The Bertz CT molecular complexity index is 905. The number of hydrogen-bond donors (Lipinski definition) is 3. The summed E-state index contributed by atoms with van der Waals surface area (Å²) in [5.41, 5.74) is 1.05. The van der Waals surface area contributed by atoms with Gasteiger partial charge in [-0.05, 0) is 31.4 Å². The average Bonchev–Trinajstić information content (AvgIpc) is 3.08. The van der Waals surface area contributed by atoms with Gasteiger partial charge in [0.25, 0.3) is 0 Å². The summed E-state index contributed by atoms with van der Waals surface area (Å²) in [6.45, 7) is 3.03. The second-order valence-corrected chi connectivity index (χ2v) is 7.95. The van der Waals surface area contributed by atoms with E-state index in [2.05, 4.69) is 5.32 Å². The number of methoxy groups -OCH3 is 1. The summed E-state index contributed by atoms with van der Waals surface area (Å²) in [5, 5.41) is 22.3. The molecule has 1 atom stereocenters. The van der Waals surface area contributed by atoms with Gasteiger partial charge in [0.2, 0.25) is 0 Å². The molecule has 2 heterocycles. The number of carboxylic acids is 2. The van der Waals surface area contributed by atoms with Crippen molar-refractivity contribution in [2.24, 2.45) is 0 Å². The molecule has 0 saturated carbocycles. The van der Waals surface area contributed by atoms with E-state index in [0.29, 0.717) is 24.0 Å². The number of hydrogen-bond acceptors (Lipinski definition) is 7. The van der Waals surface area contributed by atoms with Crippen LogP contribution in [-0.4, -0.2) is 55.1 Å². The molecule has 3 N–H and O–H groups in total. The second-order valence-electron chi connectivity index (χ2n) is 6.93. The quantitative estimate of drug-likeness (QED) is 0.545. The minimum atomic E-state index is -1.17. The maximum Gasteiger partial charge on any atom is 0.346 e. The van der Waals surface area contributed by atoms with Crippen molar-refractivity contribution in [3.8, 4) is 5.75 Å². The van der Waals surface area contributed by atoms with Gasteiger partial charge in [0.1, 0.15) is 21.7 Å². The number of anilines is 1. The number of ether oxygens (including phenoxy) is 3. The minimum absolute atomic E-state index is 0.00839. The predicted molar refractivity (Wildman–Crippen MR) is 112 cm³/mol. The first-order valence-corrected chi connectivity index (χ1v) is 10.4. The van der Waals surface area contributed by atoms with Crippen molar-refractivity contribution in [3.63, 3.8) is 0 Å². The number of nitrogens with one attached hydrogen (secondary N) is 1. The summed E-state index contributed by atoms with van der Waals surface area (Å²) in [6, 6.07) is 7.51. The fourth-order valence-electron chi connectivity index (χ4n) is 3.49. The molecule has 1 fully saturated rings. The molecule has 2 aromatic rings. The van der Waals surface area contributed by atoms with Crippen molar-refractivity contribution in [1.82, 2.24) is 0 Å². The Hall–Kier alpha value is -2.62. The standard InChI is InChI=1S/C21H25NO7S/c1-12-17(20(23)24)19(30-18(12)21(25)26)22-11-16(29-13-7-9-28-10-8-13)14-5-3-4-6-15(14)27-2/h3-6,13,16,22H,7-11H2,1-2H3,(H,23,24)(H,25,26). The van der Waals surface area contributed by atoms with Crippen LogP contribution >= 0.6 is 11.3 Å². The number of para-hydroxylation sites is 1. The molecule has 8 nitrogen and oxygen atoms in total. The first kappa shape index (κ1) is 22.1. The molecule has 1 aromatic carbocycles. The van der Waals surface area contributed by atoms with Crippen LogP contribution in [-0.2, 0) is 9.47 Å². The fourth-order valence-corrected chi connectivity index (χ4v) is 4.54. The highest BCUT2D eigenvalue weighted by molar-refractivity contribution is 7.18. The van der Waals surface area contributed by atoms with Crippen LogP contribution in [0.25, 0.3) is 0 Å². The molecule has 0 amide bonds. The molecule has 0 radical (unpaired) electrons. The third-order valence-electron chi connectivity index (χ3n) is 5.01. The van der Waals surface area contributed by atoms with Crippen LogP contribution in [0.3, 0.4) is 0 Å². The van der Waals surface area contributed by atoms with E-state index in [-0.39, 0.29) is 28.7 Å². The molecule has 9 heteroatoms. The van der Waals surface area contributed by atoms with E-state index in [9.17, 15) is 19.8 Å². The van der Waals surface area contributed by atoms with Crippen molar-refractivity contribution >= 4 is 28.3 Å². The van der Waals surface area contributed by atoms with Gasteiger partial charge in [-0.25, -0.2) is 9.59 Å². The summed E-state index contributed by atoms with van der Waals surface area (Å²) < 4.78 is 17.2. The highest BCUT2D eigenvalue weighted by Crippen LogP contribution is 2.35. The van der Waals surface area contributed by atoms with Gasteiger partial charge in [-0.2, -0.15) is 0 Å². The lowest BCUT2D eigenvalue weighted by molar-refractivity contribution is -0.0658. The van der Waals surface area contributed by atoms with Crippen LogP contribution in [0, 0.1) is 6.92 Å². The predicted octanol–water partition coefficient (Wildman–Crippen LogP) is 3.81. The average molecular weight is 435 g/mol. The molecular weight excluding hydrogens is 410 g/mol. The van der Waals surface area contributed by atoms with Crippen LogP contribution in [0.1, 0.15) is 50.1 Å². The van der Waals surface area contributed by atoms with Crippen LogP contribution in [0.5, 0.6) is 5.75 Å². The number of thiophene rings is 1. The maximum absolute atomic E-state index is 11.7. The van der Waals surface area contributed by atoms with E-state index < -0.39 is 18.0 Å². The van der Waals surface area contributed by atoms with Gasteiger partial charge in [0.05, 0.1) is 18.8 Å². The largest absolute Gasteiger partial charge is 0.496 e. The first-order valence-electron chi connectivity index (χ1n) is 9.62. The number of carboxylic acid groups (broad SMARTS) is 2. The highest BCUT2D eigenvalue weighted by Gasteiger charge is 2.27.